The molecule has 0 atom stereocenters. The van der Waals surface area contributed by atoms with Gasteiger partial charge >= 0.3 is 0 Å². The summed E-state index contributed by atoms with van der Waals surface area (Å²) in [7, 11) is -0.0119. The molecule has 0 aromatic carbocycles. The Labute approximate surface area is 95.5 Å². The van der Waals surface area contributed by atoms with Gasteiger partial charge in [0, 0.05) is 32.4 Å². The Hall–Kier alpha value is -1.14. The van der Waals surface area contributed by atoms with Crippen LogP contribution in [0.2, 0.25) is 0 Å². The van der Waals surface area contributed by atoms with Gasteiger partial charge in [0.1, 0.15) is 5.82 Å². The minimum atomic E-state index is -3.36. The molecule has 1 heterocycles. The zero-order valence-electron chi connectivity index (χ0n) is 9.34. The van der Waals surface area contributed by atoms with Crippen LogP contribution in [-0.2, 0) is 10.0 Å². The summed E-state index contributed by atoms with van der Waals surface area (Å²) in [6.07, 6.45) is 3.42. The molecule has 1 N–H and O–H groups in total. The van der Waals surface area contributed by atoms with Gasteiger partial charge in [0.15, 0.2) is 0 Å². The van der Waals surface area contributed by atoms with Gasteiger partial charge in [-0.1, -0.05) is 0 Å². The zero-order chi connectivity index (χ0) is 11.8. The van der Waals surface area contributed by atoms with Gasteiger partial charge in [-0.25, -0.2) is 13.4 Å². The lowest BCUT2D eigenvalue weighted by Gasteiger charge is -2.16. The van der Waals surface area contributed by atoms with Crippen LogP contribution < -0.4 is 5.32 Å². The molecule has 0 aliphatic heterocycles. The molecule has 1 aromatic rings. The molecule has 1 aliphatic rings. The zero-order valence-corrected chi connectivity index (χ0v) is 10.2. The Balaban J connectivity index is 2.34. The minimum absolute atomic E-state index is 0.177. The van der Waals surface area contributed by atoms with E-state index in [4.69, 9.17) is 0 Å². The van der Waals surface area contributed by atoms with Crippen molar-refractivity contribution in [1.29, 1.82) is 0 Å². The first-order chi connectivity index (χ1) is 7.55. The molecule has 6 heteroatoms. The van der Waals surface area contributed by atoms with Gasteiger partial charge in [0.25, 0.3) is 0 Å². The van der Waals surface area contributed by atoms with Crippen LogP contribution in [0.4, 0.5) is 5.82 Å². The lowest BCUT2D eigenvalue weighted by Crippen LogP contribution is -2.29. The molecule has 1 fully saturated rings. The molecule has 0 bridgehead atoms. The molecular weight excluding hydrogens is 226 g/mol. The maximum absolute atomic E-state index is 12.2. The van der Waals surface area contributed by atoms with Crippen LogP contribution >= 0.6 is 0 Å². The van der Waals surface area contributed by atoms with E-state index in [1.165, 1.54) is 16.6 Å². The van der Waals surface area contributed by atoms with Gasteiger partial charge in [-0.05, 0) is 18.9 Å². The number of rotatable bonds is 4. The lowest BCUT2D eigenvalue weighted by molar-refractivity contribution is 0.464. The third kappa shape index (κ3) is 2.03. The molecule has 16 heavy (non-hydrogen) atoms. The lowest BCUT2D eigenvalue weighted by atomic mass is 10.5. The standard InChI is InChI=1S/C10H15N3O2S/c1-11-10-7-9(5-6-12-10)16(14,15)13(2)8-3-4-8/h5-8H,3-4H2,1-2H3,(H,11,12). The van der Waals surface area contributed by atoms with Gasteiger partial charge in [-0.15, -0.1) is 0 Å². The van der Waals surface area contributed by atoms with Crippen molar-refractivity contribution >= 4 is 15.8 Å². The molecule has 1 aliphatic carbocycles. The Morgan fingerprint density at radius 2 is 2.19 bits per heavy atom. The van der Waals surface area contributed by atoms with Crippen molar-refractivity contribution in [1.82, 2.24) is 9.29 Å². The Morgan fingerprint density at radius 3 is 2.75 bits per heavy atom. The van der Waals surface area contributed by atoms with Crippen molar-refractivity contribution in [3.8, 4) is 0 Å². The van der Waals surface area contributed by atoms with Gasteiger partial charge in [0.05, 0.1) is 4.90 Å². The SMILES string of the molecule is CNc1cc(S(=O)(=O)N(C)C2CC2)ccn1. The van der Waals surface area contributed by atoms with E-state index in [9.17, 15) is 8.42 Å². The van der Waals surface area contributed by atoms with Crippen molar-refractivity contribution in [2.75, 3.05) is 19.4 Å². The third-order valence-electron chi connectivity index (χ3n) is 2.73. The highest BCUT2D eigenvalue weighted by Crippen LogP contribution is 2.30. The third-order valence-corrected chi connectivity index (χ3v) is 4.63. The number of sulfonamides is 1. The predicted molar refractivity (Wildman–Crippen MR) is 61.8 cm³/mol. The molecule has 0 saturated heterocycles. The van der Waals surface area contributed by atoms with E-state index in [-0.39, 0.29) is 6.04 Å². The Kier molecular flexibility index (Phi) is 2.86. The second-order valence-corrected chi connectivity index (χ2v) is 5.88. The van der Waals surface area contributed by atoms with Crippen LogP contribution in [0.5, 0.6) is 0 Å². The van der Waals surface area contributed by atoms with Gasteiger partial charge in [0.2, 0.25) is 10.0 Å². The van der Waals surface area contributed by atoms with Crippen molar-refractivity contribution < 1.29 is 8.42 Å². The van der Waals surface area contributed by atoms with E-state index in [0.717, 1.165) is 12.8 Å². The van der Waals surface area contributed by atoms with E-state index in [2.05, 4.69) is 10.3 Å². The Bertz CT molecular complexity index is 483. The second kappa shape index (κ2) is 4.03. The van der Waals surface area contributed by atoms with E-state index in [1.54, 1.807) is 20.2 Å². The van der Waals surface area contributed by atoms with E-state index in [1.807, 2.05) is 0 Å². The average molecular weight is 241 g/mol. The van der Waals surface area contributed by atoms with Gasteiger partial charge in [-0.2, -0.15) is 4.31 Å². The molecule has 1 aromatic heterocycles. The van der Waals surface area contributed by atoms with Crippen molar-refractivity contribution in [3.05, 3.63) is 18.3 Å². The van der Waals surface area contributed by atoms with Crippen LogP contribution in [0.3, 0.4) is 0 Å². The van der Waals surface area contributed by atoms with E-state index < -0.39 is 10.0 Å². The molecule has 5 nitrogen and oxygen atoms in total. The summed E-state index contributed by atoms with van der Waals surface area (Å²) >= 11 is 0. The summed E-state index contributed by atoms with van der Waals surface area (Å²) in [5.74, 6) is 0.560. The maximum atomic E-state index is 12.2. The highest BCUT2D eigenvalue weighted by Gasteiger charge is 2.35. The predicted octanol–water partition coefficient (Wildman–Crippen LogP) is 0.906. The number of nitrogens with one attached hydrogen (secondary N) is 1. The van der Waals surface area contributed by atoms with Crippen molar-refractivity contribution in [3.63, 3.8) is 0 Å². The average Bonchev–Trinajstić information content (AvgIpc) is 3.12. The van der Waals surface area contributed by atoms with Gasteiger partial charge < -0.3 is 5.32 Å². The largest absolute Gasteiger partial charge is 0.373 e. The first kappa shape index (κ1) is 11.3. The van der Waals surface area contributed by atoms with Crippen LogP contribution in [0, 0.1) is 0 Å². The molecule has 0 amide bonds. The molecule has 0 radical (unpaired) electrons. The molecule has 0 spiro atoms. The summed E-state index contributed by atoms with van der Waals surface area (Å²) in [5, 5.41) is 2.83. The normalized spacial score (nSPS) is 16.4. The fraction of sp³-hybridized carbons (Fsp3) is 0.500. The molecule has 1 saturated carbocycles. The highest BCUT2D eigenvalue weighted by atomic mass is 32.2. The highest BCUT2D eigenvalue weighted by molar-refractivity contribution is 7.89. The number of aromatic nitrogens is 1. The van der Waals surface area contributed by atoms with Gasteiger partial charge in [-0.3, -0.25) is 0 Å². The number of pyridine rings is 1. The smallest absolute Gasteiger partial charge is 0.243 e. The first-order valence-corrected chi connectivity index (χ1v) is 6.61. The van der Waals surface area contributed by atoms with E-state index >= 15 is 0 Å². The Morgan fingerprint density at radius 1 is 1.50 bits per heavy atom. The van der Waals surface area contributed by atoms with Crippen LogP contribution in [-0.4, -0.2) is 37.8 Å². The maximum Gasteiger partial charge on any atom is 0.243 e. The number of nitrogens with zero attached hydrogens (tertiary/aromatic N) is 2. The molecule has 0 unspecified atom stereocenters. The summed E-state index contributed by atoms with van der Waals surface area (Å²) in [6, 6.07) is 3.25. The van der Waals surface area contributed by atoms with Crippen LogP contribution in [0.25, 0.3) is 0 Å². The van der Waals surface area contributed by atoms with E-state index in [0.29, 0.717) is 10.7 Å². The van der Waals surface area contributed by atoms with Crippen LogP contribution in [0.15, 0.2) is 23.2 Å². The molecule has 2 rings (SSSR count). The monoisotopic (exact) mass is 241 g/mol. The fourth-order valence-electron chi connectivity index (χ4n) is 1.51. The number of hydrogen-bond donors (Lipinski definition) is 1. The van der Waals surface area contributed by atoms with Crippen LogP contribution in [0.1, 0.15) is 12.8 Å². The fourth-order valence-corrected chi connectivity index (χ4v) is 2.94. The molecular formula is C10H15N3O2S. The molecule has 88 valence electrons. The summed E-state index contributed by atoms with van der Waals surface area (Å²) in [4.78, 5) is 4.29. The summed E-state index contributed by atoms with van der Waals surface area (Å²) in [5.41, 5.74) is 0. The quantitative estimate of drug-likeness (QED) is 0.851. The number of hydrogen-bond acceptors (Lipinski definition) is 4. The summed E-state index contributed by atoms with van der Waals surface area (Å²) in [6.45, 7) is 0. The second-order valence-electron chi connectivity index (χ2n) is 3.88. The summed E-state index contributed by atoms with van der Waals surface area (Å²) < 4.78 is 25.8. The first-order valence-electron chi connectivity index (χ1n) is 5.17. The van der Waals surface area contributed by atoms with Crippen molar-refractivity contribution in [2.45, 2.75) is 23.8 Å². The minimum Gasteiger partial charge on any atom is -0.373 e. The van der Waals surface area contributed by atoms with Crippen molar-refractivity contribution in [2.24, 2.45) is 0 Å². The topological polar surface area (TPSA) is 62.3 Å². The number of anilines is 1.